The Morgan fingerprint density at radius 1 is 0.854 bits per heavy atom. The molecule has 1 aromatic heterocycles. The van der Waals surface area contributed by atoms with E-state index in [1.54, 1.807) is 17.8 Å². The van der Waals surface area contributed by atoms with Gasteiger partial charge in [0.05, 0.1) is 18.5 Å². The molecule has 0 spiro atoms. The summed E-state index contributed by atoms with van der Waals surface area (Å²) < 4.78 is 13.4. The lowest BCUT2D eigenvalue weighted by Gasteiger charge is -2.13. The monoisotopic (exact) mass is 544 g/mol. The minimum atomic E-state index is -0.739. The maximum absolute atomic E-state index is 12.7. The van der Waals surface area contributed by atoms with Gasteiger partial charge in [-0.1, -0.05) is 67.6 Å². The summed E-state index contributed by atoms with van der Waals surface area (Å²) in [6.45, 7) is 4.43. The fraction of sp³-hybridized carbons (Fsp3) is 0.147. The molecule has 0 aliphatic heterocycles. The Bertz CT molecular complexity index is 1580. The largest absolute Gasteiger partial charge is 0.494 e. The Balaban J connectivity index is 1.27. The van der Waals surface area contributed by atoms with Crippen molar-refractivity contribution in [3.05, 3.63) is 121 Å². The third-order valence-corrected chi connectivity index (χ3v) is 6.39. The smallest absolute Gasteiger partial charge is 0.280 e. The number of hydrazone groups is 1. The van der Waals surface area contributed by atoms with E-state index in [1.165, 1.54) is 0 Å². The van der Waals surface area contributed by atoms with E-state index in [0.29, 0.717) is 12.4 Å². The first-order valence-electron chi connectivity index (χ1n) is 13.6. The average molecular weight is 545 g/mol. The highest BCUT2D eigenvalue weighted by molar-refractivity contribution is 5.90. The maximum atomic E-state index is 12.7. The Hall–Kier alpha value is -5.17. The van der Waals surface area contributed by atoms with Gasteiger partial charge >= 0.3 is 0 Å². The molecule has 0 aliphatic rings. The highest BCUT2D eigenvalue weighted by Crippen LogP contribution is 2.26. The Labute approximate surface area is 240 Å². The zero-order chi connectivity index (χ0) is 28.4. The first-order valence-corrected chi connectivity index (χ1v) is 13.6. The minimum Gasteiger partial charge on any atom is -0.494 e. The number of rotatable bonds is 11. The van der Waals surface area contributed by atoms with Crippen LogP contribution in [0, 0.1) is 0 Å². The number of hydrogen-bond donors (Lipinski definition) is 1. The van der Waals surface area contributed by atoms with Gasteiger partial charge in [0.2, 0.25) is 0 Å². The van der Waals surface area contributed by atoms with Crippen LogP contribution in [0.4, 0.5) is 0 Å². The molecule has 0 bridgehead atoms. The second kappa shape index (κ2) is 13.3. The van der Waals surface area contributed by atoms with Gasteiger partial charge in [-0.05, 0) is 73.0 Å². The summed E-state index contributed by atoms with van der Waals surface area (Å²) in [5.74, 6) is 1.06. The lowest BCUT2D eigenvalue weighted by Crippen LogP contribution is -2.33. The first-order chi connectivity index (χ1) is 20.1. The van der Waals surface area contributed by atoms with E-state index in [-0.39, 0.29) is 5.91 Å². The van der Waals surface area contributed by atoms with Crippen LogP contribution in [0.3, 0.4) is 0 Å². The molecule has 1 heterocycles. The number of carbonyl (C=O) groups excluding carboxylic acids is 1. The molecule has 0 unspecified atom stereocenters. The Morgan fingerprint density at radius 2 is 1.46 bits per heavy atom. The molecular weight excluding hydrogens is 512 g/mol. The number of nitrogens with zero attached hydrogens (tertiary/aromatic N) is 3. The molecule has 7 nitrogen and oxygen atoms in total. The van der Waals surface area contributed by atoms with Gasteiger partial charge in [-0.15, -0.1) is 0 Å². The molecule has 5 aromatic rings. The van der Waals surface area contributed by atoms with Gasteiger partial charge in [-0.3, -0.25) is 4.79 Å². The standard InChI is InChI=1S/C34H32N4O3/c1-3-22-40-31-18-16-28(17-19-31)33-29(24-38(37-33)30-12-8-5-9-13-30)23-35-36-34(39)25(2)41-32-20-14-27(15-21-32)26-10-6-4-7-11-26/h4-21,23-25H,3,22H2,1-2H3,(H,36,39)/b35-23-/t25-/m0/s1. The highest BCUT2D eigenvalue weighted by Gasteiger charge is 2.15. The number of benzene rings is 4. The summed E-state index contributed by atoms with van der Waals surface area (Å²) in [7, 11) is 0. The van der Waals surface area contributed by atoms with Crippen LogP contribution in [0.15, 0.2) is 120 Å². The summed E-state index contributed by atoms with van der Waals surface area (Å²) in [5.41, 5.74) is 8.11. The highest BCUT2D eigenvalue weighted by atomic mass is 16.5. The second-order valence-corrected chi connectivity index (χ2v) is 9.47. The molecule has 1 N–H and O–H groups in total. The van der Waals surface area contributed by atoms with Crippen LogP contribution in [0.1, 0.15) is 25.8 Å². The zero-order valence-electron chi connectivity index (χ0n) is 23.1. The van der Waals surface area contributed by atoms with Gasteiger partial charge in [0, 0.05) is 17.3 Å². The second-order valence-electron chi connectivity index (χ2n) is 9.47. The molecule has 5 rings (SSSR count). The van der Waals surface area contributed by atoms with Crippen LogP contribution < -0.4 is 14.9 Å². The number of amides is 1. The molecular formula is C34H32N4O3. The SMILES string of the molecule is CCCOc1ccc(-c2nn(-c3ccccc3)cc2/C=N\NC(=O)[C@H](C)Oc2ccc(-c3ccccc3)cc2)cc1. The molecule has 41 heavy (non-hydrogen) atoms. The number of aromatic nitrogens is 2. The molecule has 4 aromatic carbocycles. The average Bonchev–Trinajstić information content (AvgIpc) is 3.45. The van der Waals surface area contributed by atoms with Crippen molar-refractivity contribution in [2.75, 3.05) is 6.61 Å². The lowest BCUT2D eigenvalue weighted by molar-refractivity contribution is -0.127. The van der Waals surface area contributed by atoms with E-state index in [4.69, 9.17) is 14.6 Å². The first kappa shape index (κ1) is 27.4. The van der Waals surface area contributed by atoms with Crippen LogP contribution >= 0.6 is 0 Å². The van der Waals surface area contributed by atoms with Crippen LogP contribution in [-0.4, -0.2) is 34.6 Å². The van der Waals surface area contributed by atoms with Crippen molar-refractivity contribution in [1.82, 2.24) is 15.2 Å². The number of nitrogens with one attached hydrogen (secondary N) is 1. The summed E-state index contributed by atoms with van der Waals surface area (Å²) in [4.78, 5) is 12.7. The van der Waals surface area contributed by atoms with E-state index in [0.717, 1.165) is 45.8 Å². The van der Waals surface area contributed by atoms with E-state index >= 15 is 0 Å². The third-order valence-electron chi connectivity index (χ3n) is 6.39. The van der Waals surface area contributed by atoms with E-state index < -0.39 is 6.10 Å². The van der Waals surface area contributed by atoms with Crippen LogP contribution in [-0.2, 0) is 4.79 Å². The van der Waals surface area contributed by atoms with Crippen molar-refractivity contribution in [2.45, 2.75) is 26.4 Å². The van der Waals surface area contributed by atoms with Gasteiger partial charge in [-0.2, -0.15) is 10.2 Å². The van der Waals surface area contributed by atoms with Crippen molar-refractivity contribution in [1.29, 1.82) is 0 Å². The number of para-hydroxylation sites is 1. The molecule has 0 radical (unpaired) electrons. The van der Waals surface area contributed by atoms with Crippen molar-refractivity contribution >= 4 is 12.1 Å². The third kappa shape index (κ3) is 7.08. The fourth-order valence-electron chi connectivity index (χ4n) is 4.22. The summed E-state index contributed by atoms with van der Waals surface area (Å²) in [5, 5.41) is 9.03. The maximum Gasteiger partial charge on any atom is 0.280 e. The van der Waals surface area contributed by atoms with Crippen molar-refractivity contribution in [3.8, 4) is 39.6 Å². The minimum absolute atomic E-state index is 0.359. The molecule has 1 amide bonds. The quantitative estimate of drug-likeness (QED) is 0.145. The van der Waals surface area contributed by atoms with E-state index in [1.807, 2.05) is 103 Å². The number of ether oxygens (including phenoxy) is 2. The van der Waals surface area contributed by atoms with Gasteiger partial charge in [0.15, 0.2) is 6.10 Å². The van der Waals surface area contributed by atoms with Crippen LogP contribution in [0.2, 0.25) is 0 Å². The molecule has 206 valence electrons. The van der Waals surface area contributed by atoms with Crippen molar-refractivity contribution in [3.63, 3.8) is 0 Å². The zero-order valence-corrected chi connectivity index (χ0v) is 23.1. The van der Waals surface area contributed by atoms with Crippen molar-refractivity contribution < 1.29 is 14.3 Å². The summed E-state index contributed by atoms with van der Waals surface area (Å²) >= 11 is 0. The van der Waals surface area contributed by atoms with Gasteiger partial charge in [0.25, 0.3) is 5.91 Å². The number of carbonyl (C=O) groups is 1. The van der Waals surface area contributed by atoms with Gasteiger partial charge in [0.1, 0.15) is 17.2 Å². The molecule has 0 fully saturated rings. The Kier molecular flexibility index (Phi) is 8.86. The summed E-state index contributed by atoms with van der Waals surface area (Å²) in [6, 6.07) is 35.4. The normalized spacial score (nSPS) is 11.8. The van der Waals surface area contributed by atoms with Crippen LogP contribution in [0.25, 0.3) is 28.1 Å². The molecule has 0 saturated heterocycles. The summed E-state index contributed by atoms with van der Waals surface area (Å²) in [6.07, 6.45) is 3.69. The Morgan fingerprint density at radius 3 is 2.15 bits per heavy atom. The van der Waals surface area contributed by atoms with Gasteiger partial charge in [-0.25, -0.2) is 10.1 Å². The van der Waals surface area contributed by atoms with E-state index in [2.05, 4.69) is 29.6 Å². The fourth-order valence-corrected chi connectivity index (χ4v) is 4.22. The molecule has 1 atom stereocenters. The van der Waals surface area contributed by atoms with Crippen molar-refractivity contribution in [2.24, 2.45) is 5.10 Å². The van der Waals surface area contributed by atoms with Gasteiger partial charge < -0.3 is 9.47 Å². The van der Waals surface area contributed by atoms with E-state index in [9.17, 15) is 4.79 Å². The van der Waals surface area contributed by atoms with Crippen LogP contribution in [0.5, 0.6) is 11.5 Å². The molecule has 0 aliphatic carbocycles. The molecule has 7 heteroatoms. The lowest BCUT2D eigenvalue weighted by atomic mass is 10.1. The molecule has 0 saturated carbocycles. The predicted molar refractivity (Wildman–Crippen MR) is 162 cm³/mol. The predicted octanol–water partition coefficient (Wildman–Crippen LogP) is 6.91. The number of hydrogen-bond acceptors (Lipinski definition) is 5. The topological polar surface area (TPSA) is 77.7 Å².